The van der Waals surface area contributed by atoms with Crippen LogP contribution in [0.4, 0.5) is 0 Å². The van der Waals surface area contributed by atoms with Crippen LogP contribution in [0.25, 0.3) is 11.1 Å². The van der Waals surface area contributed by atoms with Crippen molar-refractivity contribution in [2.24, 2.45) is 0 Å². The lowest BCUT2D eigenvalue weighted by Crippen LogP contribution is -2.27. The first-order valence-corrected chi connectivity index (χ1v) is 9.83. The molecule has 0 atom stereocenters. The molecule has 1 nitrogen and oxygen atoms in total. The Bertz CT molecular complexity index is 538. The van der Waals surface area contributed by atoms with Crippen molar-refractivity contribution in [3.63, 3.8) is 0 Å². The van der Waals surface area contributed by atoms with Gasteiger partial charge in [0, 0.05) is 0 Å². The molecule has 0 saturated heterocycles. The van der Waals surface area contributed by atoms with Gasteiger partial charge in [-0.15, -0.1) is 0 Å². The van der Waals surface area contributed by atoms with Crippen LogP contribution in [0.1, 0.15) is 17.2 Å². The second-order valence-electron chi connectivity index (χ2n) is 5.78. The van der Waals surface area contributed by atoms with Crippen molar-refractivity contribution in [3.8, 4) is 11.1 Å². The third kappa shape index (κ3) is 1.92. The summed E-state index contributed by atoms with van der Waals surface area (Å²) in [6.07, 6.45) is 0.129. The minimum absolute atomic E-state index is 0.129. The van der Waals surface area contributed by atoms with Gasteiger partial charge in [-0.2, -0.15) is 0 Å². The molecule has 0 fully saturated rings. The molecule has 2 aromatic carbocycles. The number of hydrogen-bond donors (Lipinski definition) is 0. The van der Waals surface area contributed by atoms with Gasteiger partial charge in [-0.3, -0.25) is 0 Å². The summed E-state index contributed by atoms with van der Waals surface area (Å²) < 4.78 is 6.39. The maximum atomic E-state index is 6.39. The van der Waals surface area contributed by atoms with Crippen LogP contribution in [0.2, 0.25) is 19.6 Å². The van der Waals surface area contributed by atoms with Crippen molar-refractivity contribution in [2.45, 2.75) is 25.7 Å². The molecule has 0 saturated carbocycles. The standard InChI is InChI=1S/C16H18OSi/c1-18(2,3)17-16-14-10-6-4-8-12(14)13-9-5-7-11-15(13)16/h4-11,16H,1-3H3. The van der Waals surface area contributed by atoms with Crippen LogP contribution in [0.15, 0.2) is 48.5 Å². The van der Waals surface area contributed by atoms with Crippen LogP contribution in [-0.2, 0) is 4.43 Å². The van der Waals surface area contributed by atoms with Gasteiger partial charge in [0.05, 0.1) is 6.10 Å². The van der Waals surface area contributed by atoms with Crippen molar-refractivity contribution in [2.75, 3.05) is 0 Å². The maximum absolute atomic E-state index is 6.39. The van der Waals surface area contributed by atoms with Gasteiger partial charge in [-0.05, 0) is 41.9 Å². The Kier molecular flexibility index (Phi) is 2.65. The van der Waals surface area contributed by atoms with E-state index < -0.39 is 8.32 Å². The van der Waals surface area contributed by atoms with Gasteiger partial charge < -0.3 is 4.43 Å². The summed E-state index contributed by atoms with van der Waals surface area (Å²) in [6, 6.07) is 17.2. The molecule has 0 aliphatic heterocycles. The first kappa shape index (κ1) is 11.7. The van der Waals surface area contributed by atoms with Gasteiger partial charge in [0.1, 0.15) is 0 Å². The molecule has 18 heavy (non-hydrogen) atoms. The molecule has 0 aromatic heterocycles. The second-order valence-corrected chi connectivity index (χ2v) is 10.2. The third-order valence-corrected chi connectivity index (χ3v) is 4.19. The summed E-state index contributed by atoms with van der Waals surface area (Å²) >= 11 is 0. The van der Waals surface area contributed by atoms with E-state index in [1.54, 1.807) is 0 Å². The van der Waals surface area contributed by atoms with E-state index in [9.17, 15) is 0 Å². The fraction of sp³-hybridized carbons (Fsp3) is 0.250. The lowest BCUT2D eigenvalue weighted by atomic mass is 10.1. The SMILES string of the molecule is C[Si](C)(C)OC1c2ccccc2-c2ccccc21. The highest BCUT2D eigenvalue weighted by atomic mass is 28.4. The van der Waals surface area contributed by atoms with Crippen molar-refractivity contribution < 1.29 is 4.43 Å². The van der Waals surface area contributed by atoms with Gasteiger partial charge in [0.15, 0.2) is 8.32 Å². The van der Waals surface area contributed by atoms with Crippen molar-refractivity contribution in [1.29, 1.82) is 0 Å². The Morgan fingerprint density at radius 1 is 0.778 bits per heavy atom. The molecule has 0 amide bonds. The Morgan fingerprint density at radius 2 is 1.22 bits per heavy atom. The molecular weight excluding hydrogens is 236 g/mol. The van der Waals surface area contributed by atoms with E-state index in [0.29, 0.717) is 0 Å². The van der Waals surface area contributed by atoms with Crippen molar-refractivity contribution in [1.82, 2.24) is 0 Å². The zero-order valence-electron chi connectivity index (χ0n) is 11.1. The normalized spacial score (nSPS) is 14.4. The zero-order valence-corrected chi connectivity index (χ0v) is 12.1. The Balaban J connectivity index is 2.15. The number of fused-ring (bicyclic) bond motifs is 3. The van der Waals surface area contributed by atoms with E-state index >= 15 is 0 Å². The van der Waals surface area contributed by atoms with E-state index in [1.165, 1.54) is 22.3 Å². The number of hydrogen-bond acceptors (Lipinski definition) is 1. The predicted octanol–water partition coefficient (Wildman–Crippen LogP) is 4.61. The molecule has 2 heteroatoms. The molecule has 2 aromatic rings. The highest BCUT2D eigenvalue weighted by molar-refractivity contribution is 6.69. The van der Waals surface area contributed by atoms with Crippen LogP contribution in [-0.4, -0.2) is 8.32 Å². The quantitative estimate of drug-likeness (QED) is 0.711. The van der Waals surface area contributed by atoms with E-state index in [0.717, 1.165) is 0 Å². The smallest absolute Gasteiger partial charge is 0.185 e. The summed E-state index contributed by atoms with van der Waals surface area (Å²) in [5.41, 5.74) is 5.30. The molecule has 0 unspecified atom stereocenters. The van der Waals surface area contributed by atoms with Crippen LogP contribution in [0, 0.1) is 0 Å². The molecule has 0 spiro atoms. The second kappa shape index (κ2) is 4.07. The summed E-state index contributed by atoms with van der Waals surface area (Å²) in [7, 11) is -1.56. The topological polar surface area (TPSA) is 9.23 Å². The van der Waals surface area contributed by atoms with Crippen LogP contribution >= 0.6 is 0 Å². The average Bonchev–Trinajstić information content (AvgIpc) is 2.64. The van der Waals surface area contributed by atoms with Crippen LogP contribution < -0.4 is 0 Å². The van der Waals surface area contributed by atoms with Crippen molar-refractivity contribution >= 4 is 8.32 Å². The van der Waals surface area contributed by atoms with E-state index in [4.69, 9.17) is 4.43 Å². The van der Waals surface area contributed by atoms with Gasteiger partial charge in [-0.25, -0.2) is 0 Å². The van der Waals surface area contributed by atoms with E-state index in [2.05, 4.69) is 68.2 Å². The predicted molar refractivity (Wildman–Crippen MR) is 78.2 cm³/mol. The Labute approximate surface area is 110 Å². The number of rotatable bonds is 2. The summed E-state index contributed by atoms with van der Waals surface area (Å²) in [5.74, 6) is 0. The van der Waals surface area contributed by atoms with Gasteiger partial charge in [0.2, 0.25) is 0 Å². The molecule has 0 N–H and O–H groups in total. The first-order chi connectivity index (χ1) is 8.56. The maximum Gasteiger partial charge on any atom is 0.185 e. The summed E-state index contributed by atoms with van der Waals surface area (Å²) in [4.78, 5) is 0. The molecule has 1 aliphatic rings. The summed E-state index contributed by atoms with van der Waals surface area (Å²) in [6.45, 7) is 6.74. The summed E-state index contributed by atoms with van der Waals surface area (Å²) in [5, 5.41) is 0. The molecule has 0 radical (unpaired) electrons. The van der Waals surface area contributed by atoms with Crippen molar-refractivity contribution in [3.05, 3.63) is 59.7 Å². The van der Waals surface area contributed by atoms with E-state index in [1.807, 2.05) is 0 Å². The minimum atomic E-state index is -1.56. The van der Waals surface area contributed by atoms with Gasteiger partial charge in [0.25, 0.3) is 0 Å². The number of benzene rings is 2. The first-order valence-electron chi connectivity index (χ1n) is 6.42. The fourth-order valence-electron chi connectivity index (χ4n) is 2.59. The third-order valence-electron chi connectivity index (χ3n) is 3.25. The van der Waals surface area contributed by atoms with Crippen LogP contribution in [0.5, 0.6) is 0 Å². The highest BCUT2D eigenvalue weighted by Crippen LogP contribution is 2.45. The van der Waals surface area contributed by atoms with Crippen LogP contribution in [0.3, 0.4) is 0 Å². The molecule has 0 heterocycles. The largest absolute Gasteiger partial charge is 0.407 e. The Morgan fingerprint density at radius 3 is 1.67 bits per heavy atom. The lowest BCUT2D eigenvalue weighted by Gasteiger charge is -2.24. The molecular formula is C16H18OSi. The average molecular weight is 254 g/mol. The van der Waals surface area contributed by atoms with Gasteiger partial charge in [-0.1, -0.05) is 48.5 Å². The zero-order chi connectivity index (χ0) is 12.8. The fourth-order valence-corrected chi connectivity index (χ4v) is 3.55. The molecule has 1 aliphatic carbocycles. The minimum Gasteiger partial charge on any atom is -0.407 e. The lowest BCUT2D eigenvalue weighted by molar-refractivity contribution is 0.244. The molecule has 3 rings (SSSR count). The van der Waals surface area contributed by atoms with E-state index in [-0.39, 0.29) is 6.10 Å². The highest BCUT2D eigenvalue weighted by Gasteiger charge is 2.32. The van der Waals surface area contributed by atoms with Gasteiger partial charge >= 0.3 is 0 Å². The Hall–Kier alpha value is -1.38. The molecule has 0 bridgehead atoms. The molecule has 92 valence electrons. The monoisotopic (exact) mass is 254 g/mol.